The fourth-order valence-electron chi connectivity index (χ4n) is 0.819. The average molecular weight is 204 g/mol. The van der Waals surface area contributed by atoms with Gasteiger partial charge in [-0.3, -0.25) is 0 Å². The molecule has 6 nitrogen and oxygen atoms in total. The summed E-state index contributed by atoms with van der Waals surface area (Å²) in [5.74, 6) is -0.0544. The molecule has 1 aromatic heterocycles. The molecule has 1 heterocycles. The van der Waals surface area contributed by atoms with Crippen LogP contribution < -0.4 is 10.5 Å². The van der Waals surface area contributed by atoms with E-state index in [-0.39, 0.29) is 5.75 Å². The largest absolute Gasteiger partial charge is 0.347 e. The molecule has 0 saturated heterocycles. The molecule has 0 unspecified atom stereocenters. The van der Waals surface area contributed by atoms with Gasteiger partial charge in [0.1, 0.15) is 0 Å². The number of hydrogen-bond acceptors (Lipinski definition) is 4. The number of nitrogens with zero attached hydrogens (tertiary/aromatic N) is 1. The van der Waals surface area contributed by atoms with Crippen LogP contribution in [0.3, 0.4) is 0 Å². The molecule has 0 aliphatic rings. The van der Waals surface area contributed by atoms with Crippen molar-refractivity contribution in [2.75, 3.05) is 12.3 Å². The number of H-pyrrole nitrogens is 1. The molecule has 1 rings (SSSR count). The minimum Gasteiger partial charge on any atom is -0.347 e. The maximum absolute atomic E-state index is 10.5. The van der Waals surface area contributed by atoms with Gasteiger partial charge < -0.3 is 10.3 Å². The quantitative estimate of drug-likeness (QED) is 0.524. The van der Waals surface area contributed by atoms with Crippen LogP contribution in [0.2, 0.25) is 0 Å². The molecule has 74 valence electrons. The van der Waals surface area contributed by atoms with Crippen LogP contribution in [-0.2, 0) is 16.6 Å². The van der Waals surface area contributed by atoms with Gasteiger partial charge in [-0.1, -0.05) is 0 Å². The summed E-state index contributed by atoms with van der Waals surface area (Å²) in [7, 11) is -3.35. The number of primary sulfonamides is 1. The van der Waals surface area contributed by atoms with Gasteiger partial charge in [-0.25, -0.2) is 18.5 Å². The Balaban J connectivity index is 2.16. The Labute approximate surface area is 76.6 Å². The summed E-state index contributed by atoms with van der Waals surface area (Å²) < 4.78 is 21.0. The molecule has 1 aromatic rings. The van der Waals surface area contributed by atoms with Crippen molar-refractivity contribution in [3.05, 3.63) is 18.2 Å². The fourth-order valence-corrected chi connectivity index (χ4v) is 1.25. The molecule has 0 aliphatic heterocycles. The van der Waals surface area contributed by atoms with Crippen molar-refractivity contribution in [1.29, 1.82) is 0 Å². The number of rotatable bonds is 5. The third-order valence-corrected chi connectivity index (χ3v) is 2.21. The van der Waals surface area contributed by atoms with E-state index >= 15 is 0 Å². The molecule has 0 saturated carbocycles. The minimum absolute atomic E-state index is 0.0544. The average Bonchev–Trinajstić information content (AvgIpc) is 2.48. The van der Waals surface area contributed by atoms with Crippen molar-refractivity contribution >= 4 is 10.0 Å². The molecular formula is C6H12N4O2S. The Kier molecular flexibility index (Phi) is 3.40. The zero-order valence-electron chi connectivity index (χ0n) is 7.03. The first-order valence-electron chi connectivity index (χ1n) is 3.76. The summed E-state index contributed by atoms with van der Waals surface area (Å²) >= 11 is 0. The topological polar surface area (TPSA) is 101 Å². The molecule has 13 heavy (non-hydrogen) atoms. The van der Waals surface area contributed by atoms with Gasteiger partial charge in [-0.2, -0.15) is 0 Å². The van der Waals surface area contributed by atoms with Crippen LogP contribution >= 0.6 is 0 Å². The second-order valence-corrected chi connectivity index (χ2v) is 4.35. The maximum atomic E-state index is 10.5. The first-order valence-corrected chi connectivity index (χ1v) is 5.48. The smallest absolute Gasteiger partial charge is 0.210 e. The van der Waals surface area contributed by atoms with Crippen LogP contribution in [0, 0.1) is 0 Å². The predicted molar refractivity (Wildman–Crippen MR) is 48.3 cm³/mol. The third-order valence-electron chi connectivity index (χ3n) is 1.43. The van der Waals surface area contributed by atoms with E-state index in [1.165, 1.54) is 0 Å². The van der Waals surface area contributed by atoms with Crippen LogP contribution in [-0.4, -0.2) is 30.7 Å². The highest BCUT2D eigenvalue weighted by molar-refractivity contribution is 7.89. The third kappa shape index (κ3) is 4.61. The SMILES string of the molecule is NS(=O)(=O)CCNCc1cnc[nH]1. The minimum atomic E-state index is -3.35. The highest BCUT2D eigenvalue weighted by Crippen LogP contribution is 1.88. The maximum Gasteiger partial charge on any atom is 0.210 e. The number of sulfonamides is 1. The summed E-state index contributed by atoms with van der Waals surface area (Å²) in [6, 6.07) is 0. The molecule has 4 N–H and O–H groups in total. The number of nitrogens with one attached hydrogen (secondary N) is 2. The number of hydrogen-bond donors (Lipinski definition) is 3. The summed E-state index contributed by atoms with van der Waals surface area (Å²) in [5.41, 5.74) is 0.911. The Morgan fingerprint density at radius 1 is 1.62 bits per heavy atom. The monoisotopic (exact) mass is 204 g/mol. The van der Waals surface area contributed by atoms with E-state index in [1.807, 2.05) is 0 Å². The molecular weight excluding hydrogens is 192 g/mol. The van der Waals surface area contributed by atoms with Crippen LogP contribution in [0.15, 0.2) is 12.5 Å². The van der Waals surface area contributed by atoms with Crippen molar-refractivity contribution in [1.82, 2.24) is 15.3 Å². The van der Waals surface area contributed by atoms with Gasteiger partial charge in [0.05, 0.1) is 12.1 Å². The lowest BCUT2D eigenvalue weighted by Gasteiger charge is -2.00. The lowest BCUT2D eigenvalue weighted by molar-refractivity contribution is 0.592. The molecule has 0 atom stereocenters. The zero-order valence-corrected chi connectivity index (χ0v) is 7.84. The lowest BCUT2D eigenvalue weighted by Crippen LogP contribution is -2.26. The molecule has 0 radical (unpaired) electrons. The summed E-state index contributed by atoms with van der Waals surface area (Å²) in [5, 5.41) is 7.72. The molecule has 0 aromatic carbocycles. The number of imidazole rings is 1. The van der Waals surface area contributed by atoms with Gasteiger partial charge in [0.25, 0.3) is 0 Å². The highest BCUT2D eigenvalue weighted by atomic mass is 32.2. The molecule has 0 aliphatic carbocycles. The van der Waals surface area contributed by atoms with Crippen molar-refractivity contribution in [3.8, 4) is 0 Å². The Morgan fingerprint density at radius 2 is 2.38 bits per heavy atom. The van der Waals surface area contributed by atoms with E-state index in [1.54, 1.807) is 12.5 Å². The lowest BCUT2D eigenvalue weighted by atomic mass is 10.5. The predicted octanol–water partition coefficient (Wildman–Crippen LogP) is -1.21. The Morgan fingerprint density at radius 3 is 2.92 bits per heavy atom. The van der Waals surface area contributed by atoms with Gasteiger partial charge in [0.2, 0.25) is 10.0 Å². The first-order chi connectivity index (χ1) is 6.08. The van der Waals surface area contributed by atoms with Crippen molar-refractivity contribution in [2.24, 2.45) is 5.14 Å². The Hall–Kier alpha value is -0.920. The van der Waals surface area contributed by atoms with Gasteiger partial charge in [0.15, 0.2) is 0 Å². The molecule has 7 heteroatoms. The number of aromatic nitrogens is 2. The van der Waals surface area contributed by atoms with Gasteiger partial charge in [0, 0.05) is 25.0 Å². The van der Waals surface area contributed by atoms with Gasteiger partial charge in [-0.15, -0.1) is 0 Å². The zero-order chi connectivity index (χ0) is 9.73. The van der Waals surface area contributed by atoms with Crippen molar-refractivity contribution in [2.45, 2.75) is 6.54 Å². The molecule has 0 bridgehead atoms. The molecule has 0 spiro atoms. The number of aromatic amines is 1. The van der Waals surface area contributed by atoms with E-state index in [2.05, 4.69) is 15.3 Å². The van der Waals surface area contributed by atoms with Crippen LogP contribution in [0.25, 0.3) is 0 Å². The van der Waals surface area contributed by atoms with Crippen LogP contribution in [0.1, 0.15) is 5.69 Å². The van der Waals surface area contributed by atoms with E-state index in [4.69, 9.17) is 5.14 Å². The van der Waals surface area contributed by atoms with Crippen molar-refractivity contribution in [3.63, 3.8) is 0 Å². The summed E-state index contributed by atoms with van der Waals surface area (Å²) in [6.45, 7) is 0.910. The van der Waals surface area contributed by atoms with E-state index in [9.17, 15) is 8.42 Å². The Bertz CT molecular complexity index is 332. The standard InChI is InChI=1S/C6H12N4O2S/c7-13(11,12)2-1-8-3-6-4-9-5-10-6/h4-5,8H,1-3H2,(H,9,10)(H2,7,11,12). The highest BCUT2D eigenvalue weighted by Gasteiger charge is 2.01. The second-order valence-electron chi connectivity index (χ2n) is 2.62. The first kappa shape index (κ1) is 10.2. The number of nitrogens with two attached hydrogens (primary N) is 1. The summed E-state index contributed by atoms with van der Waals surface area (Å²) in [4.78, 5) is 6.69. The van der Waals surface area contributed by atoms with Gasteiger partial charge >= 0.3 is 0 Å². The van der Waals surface area contributed by atoms with Gasteiger partial charge in [-0.05, 0) is 0 Å². The van der Waals surface area contributed by atoms with Crippen LogP contribution in [0.5, 0.6) is 0 Å². The molecule has 0 amide bonds. The van der Waals surface area contributed by atoms with Crippen LogP contribution in [0.4, 0.5) is 0 Å². The van der Waals surface area contributed by atoms with Crippen molar-refractivity contribution < 1.29 is 8.42 Å². The molecule has 0 fully saturated rings. The summed E-state index contributed by atoms with van der Waals surface area (Å²) in [6.07, 6.45) is 3.24. The normalized spacial score (nSPS) is 11.8. The fraction of sp³-hybridized carbons (Fsp3) is 0.500. The second kappa shape index (κ2) is 4.35. The van der Waals surface area contributed by atoms with E-state index in [0.717, 1.165) is 5.69 Å². The van der Waals surface area contributed by atoms with E-state index in [0.29, 0.717) is 13.1 Å². The van der Waals surface area contributed by atoms with E-state index < -0.39 is 10.0 Å².